The van der Waals surface area contributed by atoms with Crippen molar-refractivity contribution in [1.82, 2.24) is 10.1 Å². The van der Waals surface area contributed by atoms with Crippen molar-refractivity contribution < 1.29 is 23.6 Å². The third-order valence-electron chi connectivity index (χ3n) is 5.08. The van der Waals surface area contributed by atoms with Gasteiger partial charge in [-0.05, 0) is 32.8 Å². The highest BCUT2D eigenvalue weighted by molar-refractivity contribution is 7.99. The third-order valence-corrected chi connectivity index (χ3v) is 6.04. The number of hydrogen-bond acceptors (Lipinski definition) is 7. The van der Waals surface area contributed by atoms with Gasteiger partial charge in [-0.1, -0.05) is 5.16 Å². The lowest BCUT2D eigenvalue weighted by molar-refractivity contribution is -0.113. The molecule has 1 aromatic carbocycles. The van der Waals surface area contributed by atoms with E-state index in [-0.39, 0.29) is 17.6 Å². The van der Waals surface area contributed by atoms with Crippen LogP contribution < -0.4 is 14.8 Å². The molecule has 0 bridgehead atoms. The normalized spacial score (nSPS) is 13.4. The summed E-state index contributed by atoms with van der Waals surface area (Å²) in [6, 6.07) is 3.27. The molecule has 8 nitrogen and oxygen atoms in total. The van der Waals surface area contributed by atoms with Gasteiger partial charge in [0, 0.05) is 30.5 Å². The topological polar surface area (TPSA) is 93.9 Å². The summed E-state index contributed by atoms with van der Waals surface area (Å²) < 4.78 is 15.9. The number of aromatic nitrogens is 1. The third kappa shape index (κ3) is 4.89. The van der Waals surface area contributed by atoms with Crippen molar-refractivity contribution in [2.24, 2.45) is 0 Å². The number of anilines is 1. The lowest BCUT2D eigenvalue weighted by Crippen LogP contribution is -2.29. The minimum absolute atomic E-state index is 0.118. The summed E-state index contributed by atoms with van der Waals surface area (Å²) in [5.74, 6) is 2.20. The van der Waals surface area contributed by atoms with E-state index in [1.54, 1.807) is 17.0 Å². The van der Waals surface area contributed by atoms with Crippen LogP contribution in [0.2, 0.25) is 0 Å². The average molecular weight is 434 g/mol. The summed E-state index contributed by atoms with van der Waals surface area (Å²) >= 11 is 1.46. The van der Waals surface area contributed by atoms with Crippen LogP contribution in [0.5, 0.6) is 11.5 Å². The number of thioether (sulfide) groups is 1. The molecule has 2 heterocycles. The zero-order valence-corrected chi connectivity index (χ0v) is 18.6. The maximum Gasteiger partial charge on any atom is 0.256 e. The van der Waals surface area contributed by atoms with Gasteiger partial charge in [-0.2, -0.15) is 0 Å². The van der Waals surface area contributed by atoms with Gasteiger partial charge in [0.05, 0.1) is 36.9 Å². The summed E-state index contributed by atoms with van der Waals surface area (Å²) in [5.41, 5.74) is 2.66. The number of methoxy groups -OCH3 is 2. The molecule has 0 saturated carbocycles. The van der Waals surface area contributed by atoms with E-state index in [1.165, 1.54) is 26.0 Å². The van der Waals surface area contributed by atoms with Gasteiger partial charge in [-0.3, -0.25) is 9.59 Å². The number of amides is 2. The molecule has 0 spiro atoms. The number of likely N-dealkylation sites (tertiary alicyclic amines) is 1. The van der Waals surface area contributed by atoms with E-state index < -0.39 is 0 Å². The predicted molar refractivity (Wildman–Crippen MR) is 115 cm³/mol. The summed E-state index contributed by atoms with van der Waals surface area (Å²) in [6.07, 6.45) is 1.97. The highest BCUT2D eigenvalue weighted by atomic mass is 32.2. The van der Waals surface area contributed by atoms with E-state index >= 15 is 0 Å². The lowest BCUT2D eigenvalue weighted by Gasteiger charge is -2.20. The molecule has 0 aliphatic carbocycles. The van der Waals surface area contributed by atoms with Crippen molar-refractivity contribution in [3.8, 4) is 11.5 Å². The van der Waals surface area contributed by atoms with Crippen LogP contribution in [-0.2, 0) is 10.5 Å². The minimum atomic E-state index is -0.200. The van der Waals surface area contributed by atoms with Crippen molar-refractivity contribution in [2.45, 2.75) is 32.4 Å². The van der Waals surface area contributed by atoms with Gasteiger partial charge in [0.2, 0.25) is 5.91 Å². The Kier molecular flexibility index (Phi) is 7.25. The van der Waals surface area contributed by atoms with Crippen LogP contribution in [0.4, 0.5) is 5.69 Å². The second-order valence-corrected chi connectivity index (χ2v) is 8.08. The Morgan fingerprint density at radius 2 is 1.83 bits per heavy atom. The van der Waals surface area contributed by atoms with E-state index in [2.05, 4.69) is 10.5 Å². The van der Waals surface area contributed by atoms with Crippen molar-refractivity contribution in [3.63, 3.8) is 0 Å². The van der Waals surface area contributed by atoms with Gasteiger partial charge in [0.1, 0.15) is 5.76 Å². The second kappa shape index (κ2) is 9.88. The molecule has 1 aromatic heterocycles. The number of aryl methyl sites for hydroxylation is 2. The molecule has 1 aliphatic heterocycles. The quantitative estimate of drug-likeness (QED) is 0.682. The van der Waals surface area contributed by atoms with E-state index in [9.17, 15) is 9.59 Å². The molecule has 1 saturated heterocycles. The number of carbonyl (C=O) groups is 2. The Hall–Kier alpha value is -2.68. The second-order valence-electron chi connectivity index (χ2n) is 7.10. The molecule has 1 aliphatic rings. The first-order chi connectivity index (χ1) is 14.4. The molecule has 30 heavy (non-hydrogen) atoms. The van der Waals surface area contributed by atoms with Crippen LogP contribution in [0.3, 0.4) is 0 Å². The Balaban J connectivity index is 1.74. The van der Waals surface area contributed by atoms with E-state index in [0.29, 0.717) is 41.6 Å². The summed E-state index contributed by atoms with van der Waals surface area (Å²) in [6.45, 7) is 5.17. The smallest absolute Gasteiger partial charge is 0.256 e. The van der Waals surface area contributed by atoms with Crippen LogP contribution in [0.25, 0.3) is 0 Å². The zero-order valence-electron chi connectivity index (χ0n) is 17.7. The van der Waals surface area contributed by atoms with Crippen LogP contribution in [0.1, 0.15) is 40.2 Å². The maximum atomic E-state index is 13.0. The van der Waals surface area contributed by atoms with Crippen LogP contribution in [-0.4, -0.2) is 54.9 Å². The molecule has 0 radical (unpaired) electrons. The zero-order chi connectivity index (χ0) is 21.7. The molecule has 0 atom stereocenters. The molecular formula is C21H27N3O5S. The number of rotatable bonds is 8. The van der Waals surface area contributed by atoms with Crippen LogP contribution >= 0.6 is 11.8 Å². The molecule has 2 aromatic rings. The van der Waals surface area contributed by atoms with Gasteiger partial charge >= 0.3 is 0 Å². The van der Waals surface area contributed by atoms with E-state index in [4.69, 9.17) is 14.0 Å². The molecule has 2 amide bonds. The minimum Gasteiger partial charge on any atom is -0.493 e. The first kappa shape index (κ1) is 22.0. The number of carbonyl (C=O) groups excluding carboxylic acids is 2. The molecule has 9 heteroatoms. The molecule has 0 unspecified atom stereocenters. The fraction of sp³-hybridized carbons (Fsp3) is 0.476. The number of hydrogen-bond donors (Lipinski definition) is 1. The number of nitrogens with one attached hydrogen (secondary N) is 1. The van der Waals surface area contributed by atoms with Gasteiger partial charge < -0.3 is 24.2 Å². The summed E-state index contributed by atoms with van der Waals surface area (Å²) in [7, 11) is 3.04. The fourth-order valence-electron chi connectivity index (χ4n) is 3.39. The number of nitrogens with zero attached hydrogens (tertiary/aromatic N) is 2. The van der Waals surface area contributed by atoms with Crippen LogP contribution in [0.15, 0.2) is 16.7 Å². The first-order valence-corrected chi connectivity index (χ1v) is 10.9. The largest absolute Gasteiger partial charge is 0.493 e. The Bertz CT molecular complexity index is 902. The highest BCUT2D eigenvalue weighted by Crippen LogP contribution is 2.34. The molecule has 162 valence electrons. The Morgan fingerprint density at radius 3 is 2.43 bits per heavy atom. The Morgan fingerprint density at radius 1 is 1.17 bits per heavy atom. The van der Waals surface area contributed by atoms with Crippen molar-refractivity contribution >= 4 is 29.3 Å². The molecule has 1 N–H and O–H groups in total. The van der Waals surface area contributed by atoms with E-state index in [1.807, 2.05) is 13.8 Å². The number of benzene rings is 1. The number of ether oxygens (including phenoxy) is 2. The van der Waals surface area contributed by atoms with E-state index in [0.717, 1.165) is 29.9 Å². The highest BCUT2D eigenvalue weighted by Gasteiger charge is 2.25. The monoisotopic (exact) mass is 433 g/mol. The fourth-order valence-corrected chi connectivity index (χ4v) is 4.37. The lowest BCUT2D eigenvalue weighted by atomic mass is 10.1. The van der Waals surface area contributed by atoms with Crippen molar-refractivity contribution in [2.75, 3.05) is 38.4 Å². The molecule has 1 fully saturated rings. The molecule has 3 rings (SSSR count). The van der Waals surface area contributed by atoms with Gasteiger partial charge in [-0.15, -0.1) is 11.8 Å². The van der Waals surface area contributed by atoms with Gasteiger partial charge in [0.15, 0.2) is 11.5 Å². The van der Waals surface area contributed by atoms with Gasteiger partial charge in [-0.25, -0.2) is 0 Å². The average Bonchev–Trinajstić information content (AvgIpc) is 3.38. The standard InChI is InChI=1S/C21H27N3O5S/c1-13-16(14(2)29-23-13)11-30-12-20(25)22-17-10-19(28-4)18(27-3)9-15(17)21(26)24-7-5-6-8-24/h9-10H,5-8,11-12H2,1-4H3,(H,22,25). The maximum absolute atomic E-state index is 13.0. The van der Waals surface area contributed by atoms with Crippen molar-refractivity contribution in [3.05, 3.63) is 34.7 Å². The van der Waals surface area contributed by atoms with Gasteiger partial charge in [0.25, 0.3) is 5.91 Å². The predicted octanol–water partition coefficient (Wildman–Crippen LogP) is 3.42. The van der Waals surface area contributed by atoms with Crippen molar-refractivity contribution in [1.29, 1.82) is 0 Å². The Labute approximate surface area is 180 Å². The first-order valence-electron chi connectivity index (χ1n) is 9.79. The van der Waals surface area contributed by atoms with Crippen LogP contribution in [0, 0.1) is 13.8 Å². The molecular weight excluding hydrogens is 406 g/mol. The summed E-state index contributed by atoms with van der Waals surface area (Å²) in [5, 5.41) is 6.80. The summed E-state index contributed by atoms with van der Waals surface area (Å²) in [4.78, 5) is 27.4. The SMILES string of the molecule is COc1cc(NC(=O)CSCc2c(C)noc2C)c(C(=O)N2CCCC2)cc1OC.